The van der Waals surface area contributed by atoms with E-state index in [1.807, 2.05) is 19.2 Å². The van der Waals surface area contributed by atoms with Crippen molar-refractivity contribution >= 4 is 38.4 Å². The molecule has 0 spiro atoms. The van der Waals surface area contributed by atoms with E-state index in [4.69, 9.17) is 4.98 Å². The standard InChI is InChI=1S/C23H31N3O3S/c1-5-7-18-8-6-9-19-22(17(2)3)20(16-24-23(18)19)25-11-13-26(14-12-25)21(27)10-15-30(4,28)29/h5-9,16-17H,10-15H2,1-4H3/b7-5+. The average molecular weight is 430 g/mol. The van der Waals surface area contributed by atoms with E-state index < -0.39 is 9.84 Å². The number of rotatable bonds is 6. The first-order valence-electron chi connectivity index (χ1n) is 10.5. The van der Waals surface area contributed by atoms with Gasteiger partial charge in [0.15, 0.2) is 0 Å². The van der Waals surface area contributed by atoms with Gasteiger partial charge in [-0.05, 0) is 18.4 Å². The third kappa shape index (κ3) is 5.01. The Morgan fingerprint density at radius 2 is 1.90 bits per heavy atom. The van der Waals surface area contributed by atoms with Gasteiger partial charge >= 0.3 is 0 Å². The van der Waals surface area contributed by atoms with Gasteiger partial charge in [0, 0.05) is 49.8 Å². The number of piperazine rings is 1. The van der Waals surface area contributed by atoms with Crippen molar-refractivity contribution in [3.05, 3.63) is 41.6 Å². The van der Waals surface area contributed by atoms with Gasteiger partial charge in [0.2, 0.25) is 5.91 Å². The second-order valence-electron chi connectivity index (χ2n) is 8.20. The molecule has 0 N–H and O–H groups in total. The summed E-state index contributed by atoms with van der Waals surface area (Å²) < 4.78 is 22.7. The molecule has 2 aromatic rings. The highest BCUT2D eigenvalue weighted by Crippen LogP contribution is 2.35. The third-order valence-electron chi connectivity index (χ3n) is 5.53. The minimum Gasteiger partial charge on any atom is -0.366 e. The van der Waals surface area contributed by atoms with E-state index in [1.54, 1.807) is 4.90 Å². The lowest BCUT2D eigenvalue weighted by molar-refractivity contribution is -0.131. The molecule has 7 heteroatoms. The van der Waals surface area contributed by atoms with Crippen molar-refractivity contribution in [1.82, 2.24) is 9.88 Å². The summed E-state index contributed by atoms with van der Waals surface area (Å²) in [6, 6.07) is 6.30. The zero-order valence-corrected chi connectivity index (χ0v) is 19.1. The van der Waals surface area contributed by atoms with Gasteiger partial charge in [0.1, 0.15) is 9.84 Å². The summed E-state index contributed by atoms with van der Waals surface area (Å²) >= 11 is 0. The van der Waals surface area contributed by atoms with Crippen molar-refractivity contribution in [1.29, 1.82) is 0 Å². The number of pyridine rings is 1. The summed E-state index contributed by atoms with van der Waals surface area (Å²) in [5.41, 5.74) is 4.53. The van der Waals surface area contributed by atoms with E-state index in [1.165, 1.54) is 17.2 Å². The van der Waals surface area contributed by atoms with Crippen molar-refractivity contribution in [3.8, 4) is 0 Å². The van der Waals surface area contributed by atoms with Gasteiger partial charge in [-0.2, -0.15) is 0 Å². The minimum atomic E-state index is -3.13. The Kier molecular flexibility index (Phi) is 6.81. The van der Waals surface area contributed by atoms with Gasteiger partial charge in [-0.25, -0.2) is 8.42 Å². The molecule has 1 aliphatic heterocycles. The predicted octanol–water partition coefficient (Wildman–Crippen LogP) is 3.47. The molecule has 6 nitrogen and oxygen atoms in total. The fourth-order valence-corrected chi connectivity index (χ4v) is 4.60. The molecule has 0 radical (unpaired) electrons. The second kappa shape index (κ2) is 9.16. The van der Waals surface area contributed by atoms with Crippen molar-refractivity contribution in [2.24, 2.45) is 0 Å². The molecule has 1 fully saturated rings. The second-order valence-corrected chi connectivity index (χ2v) is 10.5. The lowest BCUT2D eigenvalue weighted by atomic mass is 9.94. The van der Waals surface area contributed by atoms with Crippen molar-refractivity contribution in [2.45, 2.75) is 33.1 Å². The van der Waals surface area contributed by atoms with Gasteiger partial charge in [0.25, 0.3) is 0 Å². The highest BCUT2D eigenvalue weighted by molar-refractivity contribution is 7.90. The zero-order chi connectivity index (χ0) is 21.9. The van der Waals surface area contributed by atoms with E-state index in [2.05, 4.69) is 43.0 Å². The number of fused-ring (bicyclic) bond motifs is 1. The van der Waals surface area contributed by atoms with Crippen LogP contribution in [0.15, 0.2) is 30.5 Å². The van der Waals surface area contributed by atoms with Crippen LogP contribution >= 0.6 is 0 Å². The van der Waals surface area contributed by atoms with Gasteiger partial charge in [-0.15, -0.1) is 0 Å². The number of aromatic nitrogens is 1. The van der Waals surface area contributed by atoms with Crippen LogP contribution in [0.1, 0.15) is 44.2 Å². The van der Waals surface area contributed by atoms with Crippen molar-refractivity contribution in [3.63, 3.8) is 0 Å². The molecule has 3 rings (SSSR count). The van der Waals surface area contributed by atoms with Crippen LogP contribution in [-0.4, -0.2) is 62.4 Å². The monoisotopic (exact) mass is 429 g/mol. The summed E-state index contributed by atoms with van der Waals surface area (Å²) in [6.45, 7) is 9.02. The number of hydrogen-bond acceptors (Lipinski definition) is 5. The predicted molar refractivity (Wildman–Crippen MR) is 124 cm³/mol. The van der Waals surface area contributed by atoms with Gasteiger partial charge in [-0.3, -0.25) is 9.78 Å². The Morgan fingerprint density at radius 1 is 1.20 bits per heavy atom. The summed E-state index contributed by atoms with van der Waals surface area (Å²) in [6.07, 6.45) is 7.30. The molecule has 1 amide bonds. The topological polar surface area (TPSA) is 70.6 Å². The maximum Gasteiger partial charge on any atom is 0.223 e. The molecule has 0 unspecified atom stereocenters. The quantitative estimate of drug-likeness (QED) is 0.703. The Bertz CT molecular complexity index is 1050. The van der Waals surface area contributed by atoms with Crippen LogP contribution < -0.4 is 4.90 Å². The smallest absolute Gasteiger partial charge is 0.223 e. The van der Waals surface area contributed by atoms with Gasteiger partial charge in [-0.1, -0.05) is 44.2 Å². The van der Waals surface area contributed by atoms with Gasteiger partial charge in [0.05, 0.1) is 23.2 Å². The Morgan fingerprint density at radius 3 is 2.50 bits per heavy atom. The molecule has 1 aromatic heterocycles. The van der Waals surface area contributed by atoms with E-state index >= 15 is 0 Å². The number of hydrogen-bond donors (Lipinski definition) is 0. The molecule has 1 saturated heterocycles. The number of nitrogens with zero attached hydrogens (tertiary/aromatic N) is 3. The third-order valence-corrected chi connectivity index (χ3v) is 6.48. The number of benzene rings is 1. The maximum atomic E-state index is 12.4. The number of para-hydroxylation sites is 1. The van der Waals surface area contributed by atoms with Gasteiger partial charge < -0.3 is 9.80 Å². The minimum absolute atomic E-state index is 0.0569. The number of anilines is 1. The van der Waals surface area contributed by atoms with Crippen LogP contribution in [0.4, 0.5) is 5.69 Å². The van der Waals surface area contributed by atoms with Crippen molar-refractivity contribution < 1.29 is 13.2 Å². The van der Waals surface area contributed by atoms with Crippen molar-refractivity contribution in [2.75, 3.05) is 43.1 Å². The highest BCUT2D eigenvalue weighted by atomic mass is 32.2. The summed E-state index contributed by atoms with van der Waals surface area (Å²) in [5, 5.41) is 1.17. The Hall–Kier alpha value is -2.41. The number of allylic oxidation sites excluding steroid dienone is 1. The molecular weight excluding hydrogens is 398 g/mol. The number of sulfone groups is 1. The van der Waals surface area contributed by atoms with Crippen LogP contribution in [0, 0.1) is 0 Å². The summed E-state index contributed by atoms with van der Waals surface area (Å²) in [7, 11) is -3.13. The number of amides is 1. The first-order chi connectivity index (χ1) is 14.2. The molecule has 162 valence electrons. The van der Waals surface area contributed by atoms with Crippen LogP contribution in [0.5, 0.6) is 0 Å². The molecule has 30 heavy (non-hydrogen) atoms. The lowest BCUT2D eigenvalue weighted by Gasteiger charge is -2.37. The largest absolute Gasteiger partial charge is 0.366 e. The summed E-state index contributed by atoms with van der Waals surface area (Å²) in [5.74, 6) is 0.157. The number of carbonyl (C=O) groups is 1. The SMILES string of the molecule is C/C=C/c1cccc2c(C(C)C)c(N3CCN(C(=O)CCS(C)(=O)=O)CC3)cnc12. The zero-order valence-electron chi connectivity index (χ0n) is 18.3. The van der Waals surface area contributed by atoms with E-state index in [0.717, 1.165) is 16.8 Å². The fourth-order valence-electron chi connectivity index (χ4n) is 4.06. The molecule has 1 aromatic carbocycles. The average Bonchev–Trinajstić information content (AvgIpc) is 2.71. The van der Waals surface area contributed by atoms with E-state index in [0.29, 0.717) is 32.1 Å². The molecule has 1 aliphatic rings. The van der Waals surface area contributed by atoms with Crippen LogP contribution in [0.25, 0.3) is 17.0 Å². The molecular formula is C23H31N3O3S. The molecule has 2 heterocycles. The first-order valence-corrected chi connectivity index (χ1v) is 12.5. The highest BCUT2D eigenvalue weighted by Gasteiger charge is 2.25. The Balaban J connectivity index is 1.83. The molecule has 0 atom stereocenters. The number of carbonyl (C=O) groups excluding carboxylic acids is 1. The molecule has 0 bridgehead atoms. The molecule has 0 saturated carbocycles. The summed E-state index contributed by atoms with van der Waals surface area (Å²) in [4.78, 5) is 21.2. The van der Waals surface area contributed by atoms with Crippen LogP contribution in [0.3, 0.4) is 0 Å². The maximum absolute atomic E-state index is 12.4. The van der Waals surface area contributed by atoms with Crippen LogP contribution in [-0.2, 0) is 14.6 Å². The van der Waals surface area contributed by atoms with Crippen LogP contribution in [0.2, 0.25) is 0 Å². The molecule has 0 aliphatic carbocycles. The van der Waals surface area contributed by atoms with E-state index in [9.17, 15) is 13.2 Å². The fraction of sp³-hybridized carbons (Fsp3) is 0.478. The first kappa shape index (κ1) is 22.3. The van der Waals surface area contributed by atoms with E-state index in [-0.39, 0.29) is 18.1 Å². The normalized spacial score (nSPS) is 15.5. The lowest BCUT2D eigenvalue weighted by Crippen LogP contribution is -2.49. The Labute approximate surface area is 179 Å².